The van der Waals surface area contributed by atoms with Crippen molar-refractivity contribution < 1.29 is 24.5 Å². The molecular formula is C61H115NO5. The molecule has 67 heavy (non-hydrogen) atoms. The Hall–Kier alpha value is -1.92. The summed E-state index contributed by atoms with van der Waals surface area (Å²) in [5.41, 5.74) is 0. The van der Waals surface area contributed by atoms with E-state index in [1.807, 2.05) is 0 Å². The minimum Gasteiger partial charge on any atom is -0.466 e. The zero-order valence-electron chi connectivity index (χ0n) is 44.9. The first-order valence-electron chi connectivity index (χ1n) is 29.7. The van der Waals surface area contributed by atoms with Crippen molar-refractivity contribution in [2.24, 2.45) is 0 Å². The predicted octanol–water partition coefficient (Wildman–Crippen LogP) is 18.4. The molecule has 6 nitrogen and oxygen atoms in total. The van der Waals surface area contributed by atoms with Crippen LogP contribution in [0.3, 0.4) is 0 Å². The molecule has 394 valence electrons. The first-order valence-corrected chi connectivity index (χ1v) is 29.7. The second-order valence-corrected chi connectivity index (χ2v) is 20.3. The van der Waals surface area contributed by atoms with E-state index in [0.29, 0.717) is 25.9 Å². The number of carbonyl (C=O) groups is 2. The van der Waals surface area contributed by atoms with E-state index in [9.17, 15) is 19.8 Å². The highest BCUT2D eigenvalue weighted by atomic mass is 16.5. The van der Waals surface area contributed by atoms with Crippen LogP contribution in [0.15, 0.2) is 36.5 Å². The van der Waals surface area contributed by atoms with E-state index in [4.69, 9.17) is 4.74 Å². The Morgan fingerprint density at radius 3 is 1.19 bits per heavy atom. The lowest BCUT2D eigenvalue weighted by Gasteiger charge is -2.22. The Morgan fingerprint density at radius 2 is 0.761 bits per heavy atom. The van der Waals surface area contributed by atoms with Gasteiger partial charge < -0.3 is 20.3 Å². The fourth-order valence-corrected chi connectivity index (χ4v) is 9.06. The van der Waals surface area contributed by atoms with Gasteiger partial charge in [0.25, 0.3) is 0 Å². The molecule has 0 aliphatic heterocycles. The molecular weight excluding hydrogens is 827 g/mol. The van der Waals surface area contributed by atoms with Crippen LogP contribution < -0.4 is 5.32 Å². The lowest BCUT2D eigenvalue weighted by atomic mass is 10.0. The maximum atomic E-state index is 12.5. The minimum absolute atomic E-state index is 0.00480. The lowest BCUT2D eigenvalue weighted by molar-refractivity contribution is -0.143. The molecule has 0 aromatic rings. The van der Waals surface area contributed by atoms with Crippen molar-refractivity contribution >= 4 is 11.9 Å². The monoisotopic (exact) mass is 942 g/mol. The molecule has 2 unspecified atom stereocenters. The van der Waals surface area contributed by atoms with Gasteiger partial charge in [0.1, 0.15) is 0 Å². The number of esters is 1. The Morgan fingerprint density at radius 1 is 0.418 bits per heavy atom. The van der Waals surface area contributed by atoms with Gasteiger partial charge in [0.2, 0.25) is 5.91 Å². The van der Waals surface area contributed by atoms with Crippen molar-refractivity contribution in [1.82, 2.24) is 5.32 Å². The number of ether oxygens (including phenoxy) is 1. The number of allylic oxidation sites excluding steroid dienone is 6. The fourth-order valence-electron chi connectivity index (χ4n) is 9.06. The molecule has 6 heteroatoms. The molecule has 3 N–H and O–H groups in total. The third kappa shape index (κ3) is 53.3. The maximum Gasteiger partial charge on any atom is 0.305 e. The van der Waals surface area contributed by atoms with Crippen LogP contribution >= 0.6 is 0 Å². The van der Waals surface area contributed by atoms with E-state index in [1.54, 1.807) is 0 Å². The number of nitrogens with one attached hydrogen (secondary N) is 1. The molecule has 0 aromatic heterocycles. The summed E-state index contributed by atoms with van der Waals surface area (Å²) >= 11 is 0. The number of hydrogen-bond acceptors (Lipinski definition) is 5. The number of hydrogen-bond donors (Lipinski definition) is 3. The average Bonchev–Trinajstić information content (AvgIpc) is 3.33. The van der Waals surface area contributed by atoms with Crippen LogP contribution in [-0.4, -0.2) is 47.4 Å². The van der Waals surface area contributed by atoms with E-state index in [1.165, 1.54) is 231 Å². The van der Waals surface area contributed by atoms with Crippen molar-refractivity contribution in [2.75, 3.05) is 13.2 Å². The molecule has 0 rings (SSSR count). The molecule has 0 saturated carbocycles. The second kappa shape index (κ2) is 56.7. The van der Waals surface area contributed by atoms with Crippen LogP contribution in [0.5, 0.6) is 0 Å². The molecule has 0 aliphatic carbocycles. The topological polar surface area (TPSA) is 95.9 Å². The van der Waals surface area contributed by atoms with Crippen molar-refractivity contribution in [3.05, 3.63) is 36.5 Å². The summed E-state index contributed by atoms with van der Waals surface area (Å²) in [6, 6.07) is -0.546. The van der Waals surface area contributed by atoms with Gasteiger partial charge in [-0.2, -0.15) is 0 Å². The van der Waals surface area contributed by atoms with Gasteiger partial charge in [-0.3, -0.25) is 9.59 Å². The van der Waals surface area contributed by atoms with Crippen molar-refractivity contribution in [1.29, 1.82) is 0 Å². The third-order valence-corrected chi connectivity index (χ3v) is 13.7. The fraction of sp³-hybridized carbons (Fsp3) is 0.869. The normalized spacial score (nSPS) is 12.8. The van der Waals surface area contributed by atoms with Gasteiger partial charge >= 0.3 is 5.97 Å². The summed E-state index contributed by atoms with van der Waals surface area (Å²) in [6.45, 7) is 4.91. The first kappa shape index (κ1) is 65.1. The van der Waals surface area contributed by atoms with E-state index < -0.39 is 12.1 Å². The van der Waals surface area contributed by atoms with Gasteiger partial charge in [-0.15, -0.1) is 0 Å². The number of amides is 1. The smallest absolute Gasteiger partial charge is 0.305 e. The lowest BCUT2D eigenvalue weighted by Crippen LogP contribution is -2.45. The maximum absolute atomic E-state index is 12.5. The molecule has 0 aliphatic rings. The Kier molecular flexibility index (Phi) is 55.0. The van der Waals surface area contributed by atoms with Crippen molar-refractivity contribution in [3.8, 4) is 0 Å². The SMILES string of the molecule is CCCC/C=C\C/C=C\CCCCCCCC(=O)OCCCCCCCCCCCCC/C=C\CCCCCCCCCC(=O)NC(CO)C(O)CCCCCCCCCCCCCCCC. The van der Waals surface area contributed by atoms with Crippen molar-refractivity contribution in [2.45, 2.75) is 328 Å². The summed E-state index contributed by atoms with van der Waals surface area (Å²) < 4.78 is 5.47. The molecule has 0 saturated heterocycles. The van der Waals surface area contributed by atoms with Gasteiger partial charge in [-0.05, 0) is 77.0 Å². The summed E-state index contributed by atoms with van der Waals surface area (Å²) in [4.78, 5) is 24.5. The number of aliphatic hydroxyl groups excluding tert-OH is 2. The van der Waals surface area contributed by atoms with Crippen LogP contribution in [0.2, 0.25) is 0 Å². The van der Waals surface area contributed by atoms with Crippen molar-refractivity contribution in [3.63, 3.8) is 0 Å². The molecule has 0 aromatic carbocycles. The van der Waals surface area contributed by atoms with E-state index >= 15 is 0 Å². The zero-order chi connectivity index (χ0) is 48.6. The molecule has 0 fully saturated rings. The van der Waals surface area contributed by atoms with Crippen LogP contribution in [0.1, 0.15) is 316 Å². The second-order valence-electron chi connectivity index (χ2n) is 20.3. The van der Waals surface area contributed by atoms with E-state index in [-0.39, 0.29) is 18.5 Å². The number of unbranched alkanes of at least 4 members (excludes halogenated alkanes) is 38. The summed E-state index contributed by atoms with van der Waals surface area (Å²) in [5.74, 6) is -0.0464. The van der Waals surface area contributed by atoms with Gasteiger partial charge in [-0.25, -0.2) is 0 Å². The summed E-state index contributed by atoms with van der Waals surface area (Å²) in [7, 11) is 0. The average molecular weight is 943 g/mol. The molecule has 0 spiro atoms. The highest BCUT2D eigenvalue weighted by Crippen LogP contribution is 2.17. The van der Waals surface area contributed by atoms with Gasteiger partial charge in [-0.1, -0.05) is 262 Å². The molecule has 0 heterocycles. The summed E-state index contributed by atoms with van der Waals surface area (Å²) in [5, 5.41) is 23.3. The minimum atomic E-state index is -0.668. The van der Waals surface area contributed by atoms with Crippen LogP contribution in [0, 0.1) is 0 Å². The highest BCUT2D eigenvalue weighted by molar-refractivity contribution is 5.76. The Labute approximate surface area is 417 Å². The largest absolute Gasteiger partial charge is 0.466 e. The van der Waals surface area contributed by atoms with Crippen LogP contribution in [0.25, 0.3) is 0 Å². The zero-order valence-corrected chi connectivity index (χ0v) is 44.9. The van der Waals surface area contributed by atoms with E-state index in [2.05, 4.69) is 55.6 Å². The van der Waals surface area contributed by atoms with E-state index in [0.717, 1.165) is 51.4 Å². The van der Waals surface area contributed by atoms with Crippen LogP contribution in [-0.2, 0) is 14.3 Å². The van der Waals surface area contributed by atoms with Gasteiger partial charge in [0.15, 0.2) is 0 Å². The molecule has 0 bridgehead atoms. The van der Waals surface area contributed by atoms with Crippen LogP contribution in [0.4, 0.5) is 0 Å². The number of rotatable bonds is 55. The highest BCUT2D eigenvalue weighted by Gasteiger charge is 2.20. The van der Waals surface area contributed by atoms with Gasteiger partial charge in [0, 0.05) is 12.8 Å². The standard InChI is InChI=1S/C61H115NO5/c1-3-5-7-9-11-13-15-17-29-33-37-41-45-49-53-59(64)58(57-63)62-60(65)54-50-46-42-38-34-30-27-25-23-21-19-20-22-24-26-28-32-36-40-44-48-52-56-67-61(66)55-51-47-43-39-35-31-18-16-14-12-10-8-6-4-2/h10,12,16,18,21,23,58-59,63-64H,3-9,11,13-15,17,19-20,22,24-57H2,1-2H3,(H,62,65)/b12-10-,18-16-,23-21-. The first-order chi connectivity index (χ1) is 33.0. The van der Waals surface area contributed by atoms with Gasteiger partial charge in [0.05, 0.1) is 25.4 Å². The number of carbonyl (C=O) groups excluding carboxylic acids is 2. The quantitative estimate of drug-likeness (QED) is 0.0321. The Balaban J connectivity index is 3.42. The Bertz CT molecular complexity index is 1090. The molecule has 1 amide bonds. The molecule has 2 atom stereocenters. The molecule has 0 radical (unpaired) electrons. The number of aliphatic hydroxyl groups is 2. The summed E-state index contributed by atoms with van der Waals surface area (Å²) in [6.07, 6.45) is 70.0. The predicted molar refractivity (Wildman–Crippen MR) is 292 cm³/mol. The third-order valence-electron chi connectivity index (χ3n) is 13.7.